The Kier molecular flexibility index (Phi) is 5.20. The SMILES string of the molecule is CNCC(c1ccc(Cl)cc1)C1CCCSC1. The predicted molar refractivity (Wildman–Crippen MR) is 78.2 cm³/mol. The number of halogens is 1. The summed E-state index contributed by atoms with van der Waals surface area (Å²) in [6, 6.07) is 8.39. The van der Waals surface area contributed by atoms with Crippen LogP contribution in [0.1, 0.15) is 24.3 Å². The molecule has 0 saturated carbocycles. The van der Waals surface area contributed by atoms with E-state index < -0.39 is 0 Å². The largest absolute Gasteiger partial charge is 0.319 e. The summed E-state index contributed by atoms with van der Waals surface area (Å²) in [5.41, 5.74) is 1.43. The average Bonchev–Trinajstić information content (AvgIpc) is 2.38. The van der Waals surface area contributed by atoms with E-state index in [0.29, 0.717) is 5.92 Å². The number of hydrogen-bond donors (Lipinski definition) is 1. The highest BCUT2D eigenvalue weighted by atomic mass is 35.5. The number of rotatable bonds is 4. The van der Waals surface area contributed by atoms with Crippen molar-refractivity contribution in [2.45, 2.75) is 18.8 Å². The van der Waals surface area contributed by atoms with Crippen LogP contribution in [0.4, 0.5) is 0 Å². The second kappa shape index (κ2) is 6.67. The molecule has 0 aliphatic carbocycles. The van der Waals surface area contributed by atoms with Crippen LogP contribution in [0.3, 0.4) is 0 Å². The van der Waals surface area contributed by atoms with E-state index in [2.05, 4.69) is 29.2 Å². The van der Waals surface area contributed by atoms with Gasteiger partial charge in [-0.25, -0.2) is 0 Å². The molecular formula is C14H20ClNS. The van der Waals surface area contributed by atoms with Gasteiger partial charge in [-0.1, -0.05) is 23.7 Å². The average molecular weight is 270 g/mol. The van der Waals surface area contributed by atoms with Crippen LogP contribution in [0.25, 0.3) is 0 Å². The Morgan fingerprint density at radius 3 is 2.76 bits per heavy atom. The van der Waals surface area contributed by atoms with Gasteiger partial charge in [0.1, 0.15) is 0 Å². The van der Waals surface area contributed by atoms with Crippen LogP contribution in [0, 0.1) is 5.92 Å². The number of hydrogen-bond acceptors (Lipinski definition) is 2. The zero-order chi connectivity index (χ0) is 12.1. The molecule has 2 rings (SSSR count). The summed E-state index contributed by atoms with van der Waals surface area (Å²) >= 11 is 8.06. The fourth-order valence-electron chi connectivity index (χ4n) is 2.57. The summed E-state index contributed by atoms with van der Waals surface area (Å²) in [7, 11) is 2.04. The molecular weight excluding hydrogens is 250 g/mol. The van der Waals surface area contributed by atoms with Crippen LogP contribution >= 0.6 is 23.4 Å². The Morgan fingerprint density at radius 2 is 2.18 bits per heavy atom. The van der Waals surface area contributed by atoms with E-state index in [1.807, 2.05) is 19.2 Å². The highest BCUT2D eigenvalue weighted by molar-refractivity contribution is 7.99. The minimum atomic E-state index is 0.630. The van der Waals surface area contributed by atoms with Crippen molar-refractivity contribution in [1.82, 2.24) is 5.32 Å². The van der Waals surface area contributed by atoms with E-state index in [-0.39, 0.29) is 0 Å². The number of benzene rings is 1. The first-order valence-electron chi connectivity index (χ1n) is 6.29. The lowest BCUT2D eigenvalue weighted by Gasteiger charge is -2.30. The van der Waals surface area contributed by atoms with Crippen molar-refractivity contribution in [2.75, 3.05) is 25.1 Å². The molecule has 1 saturated heterocycles. The third kappa shape index (κ3) is 3.64. The van der Waals surface area contributed by atoms with Crippen LogP contribution in [0.15, 0.2) is 24.3 Å². The lowest BCUT2D eigenvalue weighted by Crippen LogP contribution is -2.27. The molecule has 1 aromatic rings. The summed E-state index contributed by atoms with van der Waals surface area (Å²) < 4.78 is 0. The van der Waals surface area contributed by atoms with Crippen LogP contribution in [-0.4, -0.2) is 25.1 Å². The van der Waals surface area contributed by atoms with Crippen molar-refractivity contribution >= 4 is 23.4 Å². The Bertz CT molecular complexity index is 333. The highest BCUT2D eigenvalue weighted by Crippen LogP contribution is 2.34. The molecule has 1 fully saturated rings. The van der Waals surface area contributed by atoms with Gasteiger partial charge in [0.15, 0.2) is 0 Å². The van der Waals surface area contributed by atoms with Crippen molar-refractivity contribution in [3.8, 4) is 0 Å². The molecule has 0 amide bonds. The molecule has 1 aliphatic heterocycles. The smallest absolute Gasteiger partial charge is 0.0406 e. The lowest BCUT2D eigenvalue weighted by atomic mass is 9.84. The first kappa shape index (κ1) is 13.3. The number of thioether (sulfide) groups is 1. The molecule has 0 radical (unpaired) electrons. The third-order valence-corrected chi connectivity index (χ3v) is 4.98. The molecule has 2 unspecified atom stereocenters. The quantitative estimate of drug-likeness (QED) is 0.893. The Hall–Kier alpha value is -0.180. The summed E-state index contributed by atoms with van der Waals surface area (Å²) in [5.74, 6) is 4.07. The molecule has 1 heterocycles. The van der Waals surface area contributed by atoms with Gasteiger partial charge >= 0.3 is 0 Å². The van der Waals surface area contributed by atoms with E-state index in [1.165, 1.54) is 29.9 Å². The topological polar surface area (TPSA) is 12.0 Å². The Balaban J connectivity index is 2.12. The maximum absolute atomic E-state index is 5.96. The molecule has 1 N–H and O–H groups in total. The zero-order valence-corrected chi connectivity index (χ0v) is 11.9. The second-order valence-electron chi connectivity index (χ2n) is 4.69. The first-order chi connectivity index (χ1) is 8.31. The van der Waals surface area contributed by atoms with Crippen molar-refractivity contribution in [2.24, 2.45) is 5.92 Å². The fourth-order valence-corrected chi connectivity index (χ4v) is 3.93. The predicted octanol–water partition coefficient (Wildman–Crippen LogP) is 3.79. The maximum Gasteiger partial charge on any atom is 0.0406 e. The molecule has 94 valence electrons. The molecule has 1 nitrogen and oxygen atoms in total. The molecule has 2 atom stereocenters. The first-order valence-corrected chi connectivity index (χ1v) is 7.82. The van der Waals surface area contributed by atoms with E-state index in [0.717, 1.165) is 17.5 Å². The second-order valence-corrected chi connectivity index (χ2v) is 6.28. The molecule has 0 aromatic heterocycles. The molecule has 1 aromatic carbocycles. The van der Waals surface area contributed by atoms with Gasteiger partial charge in [0.05, 0.1) is 0 Å². The van der Waals surface area contributed by atoms with Gasteiger partial charge in [0.25, 0.3) is 0 Å². The van der Waals surface area contributed by atoms with Crippen molar-refractivity contribution < 1.29 is 0 Å². The summed E-state index contributed by atoms with van der Waals surface area (Å²) in [4.78, 5) is 0. The van der Waals surface area contributed by atoms with Crippen molar-refractivity contribution in [3.63, 3.8) is 0 Å². The minimum Gasteiger partial charge on any atom is -0.319 e. The van der Waals surface area contributed by atoms with Gasteiger partial charge in [-0.05, 0) is 60.9 Å². The third-order valence-electron chi connectivity index (χ3n) is 3.49. The van der Waals surface area contributed by atoms with Gasteiger partial charge in [0, 0.05) is 11.6 Å². The van der Waals surface area contributed by atoms with Gasteiger partial charge in [0.2, 0.25) is 0 Å². The highest BCUT2D eigenvalue weighted by Gasteiger charge is 2.24. The van der Waals surface area contributed by atoms with Crippen LogP contribution < -0.4 is 5.32 Å². The molecule has 3 heteroatoms. The molecule has 1 aliphatic rings. The van der Waals surface area contributed by atoms with Gasteiger partial charge in [-0.2, -0.15) is 11.8 Å². The van der Waals surface area contributed by atoms with Gasteiger partial charge < -0.3 is 5.32 Å². The van der Waals surface area contributed by atoms with E-state index in [1.54, 1.807) is 0 Å². The molecule has 17 heavy (non-hydrogen) atoms. The Morgan fingerprint density at radius 1 is 1.41 bits per heavy atom. The standard InChI is InChI=1S/C14H20ClNS/c1-16-9-14(12-3-2-8-17-10-12)11-4-6-13(15)7-5-11/h4-7,12,14,16H,2-3,8-10H2,1H3. The summed E-state index contributed by atoms with van der Waals surface area (Å²) in [5, 5.41) is 4.16. The van der Waals surface area contributed by atoms with Crippen molar-refractivity contribution in [1.29, 1.82) is 0 Å². The zero-order valence-electron chi connectivity index (χ0n) is 10.3. The molecule has 0 spiro atoms. The number of nitrogens with one attached hydrogen (secondary N) is 1. The van der Waals surface area contributed by atoms with Crippen LogP contribution in [0.5, 0.6) is 0 Å². The van der Waals surface area contributed by atoms with Gasteiger partial charge in [-0.15, -0.1) is 0 Å². The fraction of sp³-hybridized carbons (Fsp3) is 0.571. The summed E-state index contributed by atoms with van der Waals surface area (Å²) in [6.45, 7) is 1.06. The van der Waals surface area contributed by atoms with Gasteiger partial charge in [-0.3, -0.25) is 0 Å². The normalized spacial score (nSPS) is 22.4. The van der Waals surface area contributed by atoms with E-state index in [9.17, 15) is 0 Å². The number of likely N-dealkylation sites (N-methyl/N-ethyl adjacent to an activating group) is 1. The monoisotopic (exact) mass is 269 g/mol. The van der Waals surface area contributed by atoms with E-state index in [4.69, 9.17) is 11.6 Å². The Labute approximate surface area is 113 Å². The summed E-state index contributed by atoms with van der Waals surface area (Å²) in [6.07, 6.45) is 2.73. The van der Waals surface area contributed by atoms with E-state index >= 15 is 0 Å². The van der Waals surface area contributed by atoms with Crippen molar-refractivity contribution in [3.05, 3.63) is 34.9 Å². The lowest BCUT2D eigenvalue weighted by molar-refractivity contribution is 0.413. The maximum atomic E-state index is 5.96. The van der Waals surface area contributed by atoms with Crippen LogP contribution in [-0.2, 0) is 0 Å². The minimum absolute atomic E-state index is 0.630. The molecule has 0 bridgehead atoms. The van der Waals surface area contributed by atoms with Crippen LogP contribution in [0.2, 0.25) is 5.02 Å².